The number of methoxy groups -OCH3 is 3. The van der Waals surface area contributed by atoms with E-state index in [1.165, 1.54) is 47.3 Å². The van der Waals surface area contributed by atoms with E-state index >= 15 is 0 Å². The van der Waals surface area contributed by atoms with Gasteiger partial charge in [0.05, 0.1) is 25.8 Å². The van der Waals surface area contributed by atoms with Crippen LogP contribution in [0, 0.1) is 20.2 Å². The second-order valence-electron chi connectivity index (χ2n) is 12.9. The van der Waals surface area contributed by atoms with Gasteiger partial charge in [0.15, 0.2) is 52.6 Å². The van der Waals surface area contributed by atoms with E-state index in [-0.39, 0.29) is 17.4 Å². The summed E-state index contributed by atoms with van der Waals surface area (Å²) in [5.74, 6) is 3.96. The summed E-state index contributed by atoms with van der Waals surface area (Å²) in [6, 6.07) is 26.6. The molecule has 15 nitrogen and oxygen atoms in total. The molecule has 0 atom stereocenters. The topological polar surface area (TPSA) is 191 Å². The van der Waals surface area contributed by atoms with Crippen LogP contribution in [-0.2, 0) is 19.3 Å². The van der Waals surface area contributed by atoms with Crippen molar-refractivity contribution in [2.75, 3.05) is 21.3 Å². The van der Waals surface area contributed by atoms with E-state index < -0.39 is 9.85 Å². The number of aryl methyl sites for hydroxylation is 3. The molecule has 0 spiro atoms. The van der Waals surface area contributed by atoms with Crippen LogP contribution in [0.5, 0.6) is 46.1 Å². The van der Waals surface area contributed by atoms with Gasteiger partial charge in [0.1, 0.15) is 0 Å². The van der Waals surface area contributed by atoms with Crippen molar-refractivity contribution in [1.82, 2.24) is 15.0 Å². The number of pyridine rings is 3. The van der Waals surface area contributed by atoms with Crippen molar-refractivity contribution in [3.05, 3.63) is 155 Å². The van der Waals surface area contributed by atoms with Crippen molar-refractivity contribution in [2.24, 2.45) is 0 Å². The van der Waals surface area contributed by atoms with E-state index in [0.29, 0.717) is 34.6 Å². The van der Waals surface area contributed by atoms with Crippen molar-refractivity contribution in [3.8, 4) is 46.1 Å². The van der Waals surface area contributed by atoms with Crippen molar-refractivity contribution >= 4 is 43.5 Å². The molecule has 3 aromatic carbocycles. The fraction of sp³-hybridized carbons (Fsp3) is 0.267. The maximum Gasteiger partial charge on any atom is 0.363 e. The van der Waals surface area contributed by atoms with E-state index in [0.717, 1.165) is 53.2 Å². The van der Waals surface area contributed by atoms with Crippen LogP contribution in [0.25, 0.3) is 0 Å². The molecule has 62 heavy (non-hydrogen) atoms. The molecule has 6 aromatic rings. The molecule has 328 valence electrons. The van der Waals surface area contributed by atoms with Gasteiger partial charge in [-0.2, -0.15) is 0 Å². The van der Waals surface area contributed by atoms with Gasteiger partial charge in [-0.1, -0.05) is 58.2 Å². The summed E-state index contributed by atoms with van der Waals surface area (Å²) in [4.78, 5) is 30.9. The lowest BCUT2D eigenvalue weighted by Crippen LogP contribution is -1.94. The first-order chi connectivity index (χ1) is 29.8. The number of nitrogens with zero attached hydrogens (tertiary/aromatic N) is 5. The molecule has 0 amide bonds. The van der Waals surface area contributed by atoms with Crippen LogP contribution in [0.4, 0.5) is 11.6 Å². The highest BCUT2D eigenvalue weighted by Gasteiger charge is 2.12. The predicted molar refractivity (Wildman–Crippen MR) is 244 cm³/mol. The number of nitro groups is 2. The highest BCUT2D eigenvalue weighted by atomic mass is 79.9. The predicted octanol–water partition coefficient (Wildman–Crippen LogP) is 12.4. The van der Waals surface area contributed by atoms with E-state index in [9.17, 15) is 25.3 Å². The summed E-state index contributed by atoms with van der Waals surface area (Å²) in [5, 5.41) is 29.9. The third-order valence-corrected chi connectivity index (χ3v) is 9.20. The second kappa shape index (κ2) is 26.8. The average molecular weight is 980 g/mol. The van der Waals surface area contributed by atoms with Gasteiger partial charge >= 0.3 is 11.6 Å². The lowest BCUT2D eigenvalue weighted by molar-refractivity contribution is -0.389. The van der Waals surface area contributed by atoms with Crippen LogP contribution in [0.1, 0.15) is 56.7 Å². The molecular formula is C45H49Br2N5O10. The van der Waals surface area contributed by atoms with Crippen molar-refractivity contribution in [2.45, 2.75) is 59.3 Å². The number of aromatic nitrogens is 3. The Balaban J connectivity index is 0.000000229. The number of phenolic OH excluding ortho intramolecular Hbond substituents is 1. The molecule has 6 rings (SSSR count). The third kappa shape index (κ3) is 17.0. The summed E-state index contributed by atoms with van der Waals surface area (Å²) in [5.41, 5.74) is 3.62. The van der Waals surface area contributed by atoms with E-state index in [2.05, 4.69) is 73.6 Å². The first-order valence-electron chi connectivity index (χ1n) is 19.4. The molecule has 17 heteroatoms. The quantitative estimate of drug-likeness (QED) is 0.0756. The summed E-state index contributed by atoms with van der Waals surface area (Å²) >= 11 is 6.45. The highest BCUT2D eigenvalue weighted by Crippen LogP contribution is 2.34. The minimum absolute atomic E-state index is 0.136. The number of hydrogen-bond donors (Lipinski definition) is 1. The Bertz CT molecular complexity index is 2300. The van der Waals surface area contributed by atoms with Crippen molar-refractivity contribution in [1.29, 1.82) is 0 Å². The van der Waals surface area contributed by atoms with E-state index in [1.54, 1.807) is 39.7 Å². The molecule has 0 aliphatic carbocycles. The Morgan fingerprint density at radius 2 is 0.968 bits per heavy atom. The first-order valence-corrected chi connectivity index (χ1v) is 21.0. The third-order valence-electron chi connectivity index (χ3n) is 8.27. The summed E-state index contributed by atoms with van der Waals surface area (Å²) in [6.45, 7) is 6.39. The first kappa shape index (κ1) is 50.0. The highest BCUT2D eigenvalue weighted by molar-refractivity contribution is 9.10. The van der Waals surface area contributed by atoms with Crippen LogP contribution in [0.15, 0.2) is 119 Å². The minimum Gasteiger partial charge on any atom is -0.504 e. The number of phenols is 1. The lowest BCUT2D eigenvalue weighted by Gasteiger charge is -2.11. The Hall–Kier alpha value is -6.33. The molecule has 0 radical (unpaired) electrons. The summed E-state index contributed by atoms with van der Waals surface area (Å²) < 4.78 is 28.7. The molecule has 3 aromatic heterocycles. The molecule has 0 saturated carbocycles. The van der Waals surface area contributed by atoms with E-state index in [4.69, 9.17) is 23.7 Å². The van der Waals surface area contributed by atoms with Crippen LogP contribution in [0.2, 0.25) is 0 Å². The van der Waals surface area contributed by atoms with Crippen LogP contribution >= 0.6 is 31.9 Å². The SMILES string of the molecule is CCCc1ccc(O)c(OC)c1.CCCc1ccc(Oc2ccc(Br)cn2)c(OC)c1.CCCc1ccc(Oc2ccc([N+](=O)[O-])nc2)c(OC)c1.O=[N+]([O-])c1ccc(Br)cn1. The Morgan fingerprint density at radius 1 is 0.532 bits per heavy atom. The van der Waals surface area contributed by atoms with Crippen LogP contribution in [0.3, 0.4) is 0 Å². The van der Waals surface area contributed by atoms with Crippen LogP contribution < -0.4 is 23.7 Å². The monoisotopic (exact) mass is 977 g/mol. The molecule has 0 aliphatic rings. The van der Waals surface area contributed by atoms with Gasteiger partial charge in [-0.15, -0.1) is 0 Å². The zero-order chi connectivity index (χ0) is 45.4. The fourth-order valence-corrected chi connectivity index (χ4v) is 5.80. The normalized spacial score (nSPS) is 10.0. The maximum atomic E-state index is 10.6. The molecule has 0 aliphatic heterocycles. The number of ether oxygens (including phenoxy) is 5. The lowest BCUT2D eigenvalue weighted by atomic mass is 10.1. The van der Waals surface area contributed by atoms with Gasteiger partial charge in [-0.25, -0.2) is 4.98 Å². The van der Waals surface area contributed by atoms with Gasteiger partial charge in [0.25, 0.3) is 0 Å². The Labute approximate surface area is 377 Å². The van der Waals surface area contributed by atoms with E-state index in [1.807, 2.05) is 54.6 Å². The van der Waals surface area contributed by atoms with Crippen molar-refractivity contribution < 1.29 is 38.6 Å². The maximum absolute atomic E-state index is 10.6. The van der Waals surface area contributed by atoms with Crippen LogP contribution in [-0.4, -0.2) is 51.2 Å². The molecular weight excluding hydrogens is 930 g/mol. The molecule has 0 bridgehead atoms. The molecule has 0 fully saturated rings. The Morgan fingerprint density at radius 3 is 1.37 bits per heavy atom. The second-order valence-corrected chi connectivity index (χ2v) is 14.8. The standard InChI is InChI=1S/C15H16BrNO2.C15H16N2O4.C10H14O2.C5H3BrN2O2/c1-3-4-11-5-7-13(14(9-11)18-2)19-15-8-6-12(16)10-17-15;1-3-4-11-5-7-13(14(9-11)20-2)21-12-6-8-15(16-10-12)17(18)19;1-3-4-8-5-6-9(11)10(7-8)12-2;6-4-1-2-5(7-3-4)8(9)10/h5-10H,3-4H2,1-2H3;5-10H,3-4H2,1-2H3;5-7,11H,3-4H2,1-2H3;1-3H. The zero-order valence-electron chi connectivity index (χ0n) is 35.2. The number of aromatic hydroxyl groups is 1. The van der Waals surface area contributed by atoms with Gasteiger partial charge < -0.3 is 49.0 Å². The van der Waals surface area contributed by atoms with Gasteiger partial charge in [-0.3, -0.25) is 0 Å². The van der Waals surface area contributed by atoms with Gasteiger partial charge in [0.2, 0.25) is 5.88 Å². The molecule has 3 heterocycles. The minimum atomic E-state index is -0.552. The zero-order valence-corrected chi connectivity index (χ0v) is 38.4. The summed E-state index contributed by atoms with van der Waals surface area (Å²) in [6.07, 6.45) is 10.7. The number of rotatable bonds is 15. The molecule has 1 N–H and O–H groups in total. The molecule has 0 unspecified atom stereocenters. The number of halogens is 2. The van der Waals surface area contributed by atoms with Crippen molar-refractivity contribution in [3.63, 3.8) is 0 Å². The molecule has 0 saturated heterocycles. The Kier molecular flexibility index (Phi) is 21.6. The van der Waals surface area contributed by atoms with Gasteiger partial charge in [0, 0.05) is 28.9 Å². The fourth-order valence-electron chi connectivity index (χ4n) is 5.33. The average Bonchev–Trinajstić information content (AvgIpc) is 3.27. The number of benzene rings is 3. The smallest absolute Gasteiger partial charge is 0.363 e. The largest absolute Gasteiger partial charge is 0.504 e. The van der Waals surface area contributed by atoms with Gasteiger partial charge in [-0.05, 0) is 142 Å². The summed E-state index contributed by atoms with van der Waals surface area (Å²) in [7, 11) is 4.78. The number of hydrogen-bond acceptors (Lipinski definition) is 13.